The number of aromatic nitrogens is 1. The van der Waals surface area contributed by atoms with E-state index in [1.54, 1.807) is 36.7 Å². The number of methoxy groups -OCH3 is 1. The number of nitrogens with one attached hydrogen (secondary N) is 2. The van der Waals surface area contributed by atoms with E-state index < -0.39 is 23.8 Å². The SMILES string of the molecule is CCOc1ccc(C[C@@H](C(=O)N[C@@H](Cc2cccnc2)C(=O)NCc2ccc(CN)cc2)c2cc(OC)ccc2C(N)=O)cc1. The summed E-state index contributed by atoms with van der Waals surface area (Å²) in [5.41, 5.74) is 15.5. The molecule has 0 aliphatic carbocycles. The van der Waals surface area contributed by atoms with Crippen LogP contribution in [0.15, 0.2) is 91.3 Å². The standard InChI is InChI=1S/C35H39N5O5/c1-3-45-27-12-10-23(11-13-27)17-31(30-19-28(44-2)14-15-29(30)33(37)41)34(42)40-32(18-26-5-4-16-38-21-26)35(43)39-22-25-8-6-24(20-36)7-9-25/h4-16,19,21,31-32H,3,17-18,20,22,36H2,1-2H3,(H2,37,41)(H,39,43)(H,40,42)/t31-,32+/m1/s1. The maximum absolute atomic E-state index is 14.2. The zero-order valence-corrected chi connectivity index (χ0v) is 25.5. The highest BCUT2D eigenvalue weighted by molar-refractivity contribution is 5.98. The lowest BCUT2D eigenvalue weighted by molar-refractivity contribution is -0.129. The van der Waals surface area contributed by atoms with E-state index in [2.05, 4.69) is 15.6 Å². The van der Waals surface area contributed by atoms with Crippen molar-refractivity contribution in [1.82, 2.24) is 15.6 Å². The molecule has 3 amide bonds. The van der Waals surface area contributed by atoms with Gasteiger partial charge in [0.15, 0.2) is 0 Å². The van der Waals surface area contributed by atoms with Gasteiger partial charge in [-0.05, 0) is 77.6 Å². The van der Waals surface area contributed by atoms with Gasteiger partial charge in [-0.1, -0.05) is 42.5 Å². The smallest absolute Gasteiger partial charge is 0.249 e. The summed E-state index contributed by atoms with van der Waals surface area (Å²) in [6.07, 6.45) is 3.72. The van der Waals surface area contributed by atoms with Crippen molar-refractivity contribution in [3.05, 3.63) is 125 Å². The van der Waals surface area contributed by atoms with Gasteiger partial charge in [0, 0.05) is 37.5 Å². The van der Waals surface area contributed by atoms with Gasteiger partial charge in [0.25, 0.3) is 0 Å². The number of pyridine rings is 1. The number of carbonyl (C=O) groups excluding carboxylic acids is 3. The second-order valence-corrected chi connectivity index (χ2v) is 10.5. The number of hydrogen-bond donors (Lipinski definition) is 4. The molecule has 1 aromatic heterocycles. The van der Waals surface area contributed by atoms with Crippen molar-refractivity contribution in [2.75, 3.05) is 13.7 Å². The summed E-state index contributed by atoms with van der Waals surface area (Å²) in [5.74, 6) is -1.21. The molecule has 3 aromatic carbocycles. The second-order valence-electron chi connectivity index (χ2n) is 10.5. The molecule has 0 fully saturated rings. The van der Waals surface area contributed by atoms with Gasteiger partial charge in [0.1, 0.15) is 17.5 Å². The Labute approximate surface area is 263 Å². The number of amides is 3. The molecule has 0 saturated heterocycles. The first-order valence-corrected chi connectivity index (χ1v) is 14.8. The number of carbonyl (C=O) groups is 3. The summed E-state index contributed by atoms with van der Waals surface area (Å²) in [7, 11) is 1.50. The Morgan fingerprint density at radius 2 is 1.53 bits per heavy atom. The van der Waals surface area contributed by atoms with Gasteiger partial charge in [-0.3, -0.25) is 19.4 Å². The lowest BCUT2D eigenvalue weighted by atomic mass is 9.87. The number of nitrogens with two attached hydrogens (primary N) is 2. The molecule has 1 heterocycles. The number of hydrogen-bond acceptors (Lipinski definition) is 7. The minimum Gasteiger partial charge on any atom is -0.497 e. The highest BCUT2D eigenvalue weighted by Gasteiger charge is 2.30. The largest absolute Gasteiger partial charge is 0.497 e. The third-order valence-electron chi connectivity index (χ3n) is 7.41. The van der Waals surface area contributed by atoms with E-state index in [0.717, 1.165) is 22.3 Å². The third-order valence-corrected chi connectivity index (χ3v) is 7.41. The molecule has 4 rings (SSSR count). The summed E-state index contributed by atoms with van der Waals surface area (Å²) < 4.78 is 11.0. The van der Waals surface area contributed by atoms with Crippen LogP contribution in [0.25, 0.3) is 0 Å². The molecule has 0 aliphatic rings. The first-order valence-electron chi connectivity index (χ1n) is 14.8. The van der Waals surface area contributed by atoms with Crippen molar-refractivity contribution in [2.45, 2.75) is 44.8 Å². The second kappa shape index (κ2) is 16.0. The number of nitrogens with zero attached hydrogens (tertiary/aromatic N) is 1. The topological polar surface area (TPSA) is 159 Å². The summed E-state index contributed by atoms with van der Waals surface area (Å²) in [6.45, 7) is 3.11. The van der Waals surface area contributed by atoms with E-state index in [-0.39, 0.29) is 30.9 Å². The van der Waals surface area contributed by atoms with Crippen LogP contribution in [-0.2, 0) is 35.5 Å². The average molecular weight is 610 g/mol. The van der Waals surface area contributed by atoms with Crippen LogP contribution in [0.1, 0.15) is 51.0 Å². The van der Waals surface area contributed by atoms with Gasteiger partial charge in [0.05, 0.1) is 19.6 Å². The van der Waals surface area contributed by atoms with Crippen LogP contribution in [0, 0.1) is 0 Å². The molecule has 0 bridgehead atoms. The van der Waals surface area contributed by atoms with Crippen molar-refractivity contribution < 1.29 is 23.9 Å². The number of benzene rings is 3. The molecular formula is C35H39N5O5. The summed E-state index contributed by atoms with van der Waals surface area (Å²) in [5, 5.41) is 5.90. The van der Waals surface area contributed by atoms with Crippen molar-refractivity contribution >= 4 is 17.7 Å². The number of primary amides is 1. The lowest BCUT2D eigenvalue weighted by Gasteiger charge is -2.24. The molecule has 4 aromatic rings. The van der Waals surface area contributed by atoms with Crippen LogP contribution >= 0.6 is 0 Å². The summed E-state index contributed by atoms with van der Waals surface area (Å²) >= 11 is 0. The predicted molar refractivity (Wildman–Crippen MR) is 172 cm³/mol. The Balaban J connectivity index is 1.65. The van der Waals surface area contributed by atoms with Crippen LogP contribution < -0.4 is 31.6 Å². The first kappa shape index (κ1) is 32.7. The van der Waals surface area contributed by atoms with E-state index in [0.29, 0.717) is 30.2 Å². The molecule has 0 unspecified atom stereocenters. The monoisotopic (exact) mass is 609 g/mol. The third kappa shape index (κ3) is 9.14. The molecule has 10 nitrogen and oxygen atoms in total. The Bertz CT molecular complexity index is 1580. The molecule has 234 valence electrons. The Morgan fingerprint density at radius 1 is 0.844 bits per heavy atom. The number of ether oxygens (including phenoxy) is 2. The highest BCUT2D eigenvalue weighted by atomic mass is 16.5. The number of rotatable bonds is 15. The van der Waals surface area contributed by atoms with Gasteiger partial charge in [-0.25, -0.2) is 0 Å². The minimum absolute atomic E-state index is 0.191. The Hall–Kier alpha value is -5.22. The highest BCUT2D eigenvalue weighted by Crippen LogP contribution is 2.29. The van der Waals surface area contributed by atoms with Crippen molar-refractivity contribution in [3.63, 3.8) is 0 Å². The summed E-state index contributed by atoms with van der Waals surface area (Å²) in [4.78, 5) is 44.5. The Morgan fingerprint density at radius 3 is 2.16 bits per heavy atom. The quantitative estimate of drug-likeness (QED) is 0.161. The maximum Gasteiger partial charge on any atom is 0.249 e. The van der Waals surface area contributed by atoms with E-state index in [4.69, 9.17) is 20.9 Å². The van der Waals surface area contributed by atoms with E-state index in [1.165, 1.54) is 7.11 Å². The Kier molecular flexibility index (Phi) is 11.6. The van der Waals surface area contributed by atoms with Crippen molar-refractivity contribution in [2.24, 2.45) is 11.5 Å². The fourth-order valence-corrected chi connectivity index (χ4v) is 4.99. The molecule has 45 heavy (non-hydrogen) atoms. The molecule has 6 N–H and O–H groups in total. The molecule has 0 saturated carbocycles. The van der Waals surface area contributed by atoms with E-state index in [1.807, 2.05) is 61.5 Å². The van der Waals surface area contributed by atoms with Crippen LogP contribution in [0.2, 0.25) is 0 Å². The molecule has 10 heteroatoms. The van der Waals surface area contributed by atoms with Crippen LogP contribution in [0.5, 0.6) is 11.5 Å². The fraction of sp³-hybridized carbons (Fsp3) is 0.257. The van der Waals surface area contributed by atoms with Crippen LogP contribution in [0.3, 0.4) is 0 Å². The maximum atomic E-state index is 14.2. The van der Waals surface area contributed by atoms with Crippen molar-refractivity contribution in [1.29, 1.82) is 0 Å². The normalized spacial score (nSPS) is 12.1. The zero-order valence-electron chi connectivity index (χ0n) is 25.5. The molecule has 0 aliphatic heterocycles. The van der Waals surface area contributed by atoms with Gasteiger partial charge >= 0.3 is 0 Å². The van der Waals surface area contributed by atoms with E-state index in [9.17, 15) is 14.4 Å². The zero-order chi connectivity index (χ0) is 32.2. The van der Waals surface area contributed by atoms with Crippen LogP contribution in [-0.4, -0.2) is 42.5 Å². The predicted octanol–water partition coefficient (Wildman–Crippen LogP) is 3.42. The minimum atomic E-state index is -0.935. The average Bonchev–Trinajstić information content (AvgIpc) is 3.07. The first-order chi connectivity index (χ1) is 21.8. The van der Waals surface area contributed by atoms with Gasteiger partial charge in [0.2, 0.25) is 17.7 Å². The van der Waals surface area contributed by atoms with Gasteiger partial charge in [-0.2, -0.15) is 0 Å². The molecule has 0 radical (unpaired) electrons. The fourth-order valence-electron chi connectivity index (χ4n) is 4.99. The molecule has 0 spiro atoms. The van der Waals surface area contributed by atoms with E-state index >= 15 is 0 Å². The molecule has 2 atom stereocenters. The van der Waals surface area contributed by atoms with Gasteiger partial charge < -0.3 is 31.6 Å². The summed E-state index contributed by atoms with van der Waals surface area (Å²) in [6, 6.07) is 22.5. The molecular weight excluding hydrogens is 570 g/mol. The van der Waals surface area contributed by atoms with Gasteiger partial charge in [-0.15, -0.1) is 0 Å². The van der Waals surface area contributed by atoms with Crippen molar-refractivity contribution in [3.8, 4) is 11.5 Å². The lowest BCUT2D eigenvalue weighted by Crippen LogP contribution is -2.49. The van der Waals surface area contributed by atoms with Crippen LogP contribution in [0.4, 0.5) is 0 Å².